The Labute approximate surface area is 147 Å². The van der Waals surface area contributed by atoms with Crippen molar-refractivity contribution < 1.29 is 19.5 Å². The molecule has 1 saturated heterocycles. The van der Waals surface area contributed by atoms with E-state index in [0.717, 1.165) is 19.4 Å². The predicted molar refractivity (Wildman–Crippen MR) is 92.1 cm³/mol. The second-order valence-corrected chi connectivity index (χ2v) is 7.01. The molecule has 6 nitrogen and oxygen atoms in total. The van der Waals surface area contributed by atoms with Gasteiger partial charge >= 0.3 is 5.97 Å². The summed E-state index contributed by atoms with van der Waals surface area (Å²) in [6.45, 7) is 1.79. The maximum absolute atomic E-state index is 12.6. The number of rotatable bonds is 6. The zero-order chi connectivity index (χ0) is 17.8. The first kappa shape index (κ1) is 17.5. The molecule has 1 aliphatic heterocycles. The van der Waals surface area contributed by atoms with Crippen molar-refractivity contribution in [1.82, 2.24) is 10.2 Å². The van der Waals surface area contributed by atoms with Gasteiger partial charge in [-0.25, -0.2) is 4.79 Å². The van der Waals surface area contributed by atoms with E-state index in [0.29, 0.717) is 24.6 Å². The van der Waals surface area contributed by atoms with E-state index in [1.807, 2.05) is 0 Å². The first-order valence-electron chi connectivity index (χ1n) is 8.91. The predicted octanol–water partition coefficient (Wildman–Crippen LogP) is 1.69. The summed E-state index contributed by atoms with van der Waals surface area (Å²) in [6, 6.07) is 6.57. The number of piperidine rings is 1. The second-order valence-electron chi connectivity index (χ2n) is 7.01. The average molecular weight is 344 g/mol. The van der Waals surface area contributed by atoms with Crippen LogP contribution in [-0.4, -0.2) is 47.4 Å². The van der Waals surface area contributed by atoms with Crippen molar-refractivity contribution in [2.45, 2.75) is 32.1 Å². The first-order valence-corrected chi connectivity index (χ1v) is 8.91. The van der Waals surface area contributed by atoms with Crippen molar-refractivity contribution in [1.29, 1.82) is 0 Å². The van der Waals surface area contributed by atoms with Crippen molar-refractivity contribution in [2.75, 3.05) is 19.6 Å². The van der Waals surface area contributed by atoms with Gasteiger partial charge in [0.1, 0.15) is 0 Å². The Bertz CT molecular complexity index is 669. The molecule has 0 radical (unpaired) electrons. The van der Waals surface area contributed by atoms with Gasteiger partial charge in [-0.2, -0.15) is 0 Å². The lowest BCUT2D eigenvalue weighted by molar-refractivity contribution is -0.135. The van der Waals surface area contributed by atoms with Crippen LogP contribution in [0.3, 0.4) is 0 Å². The lowest BCUT2D eigenvalue weighted by atomic mass is 9.96. The Morgan fingerprint density at radius 1 is 1.16 bits per heavy atom. The summed E-state index contributed by atoms with van der Waals surface area (Å²) in [5.74, 6) is -0.632. The number of nitrogens with one attached hydrogen (secondary N) is 1. The molecule has 1 atom stereocenters. The largest absolute Gasteiger partial charge is 0.478 e. The van der Waals surface area contributed by atoms with Crippen LogP contribution in [0, 0.1) is 11.8 Å². The van der Waals surface area contributed by atoms with Crippen LogP contribution in [0.25, 0.3) is 0 Å². The standard InChI is InChI=1S/C19H24N2O4/c22-17(10-14-4-1-2-6-16(14)19(24)25)21-9-3-5-15(12-21)18(23)20-11-13-7-8-13/h1-2,4,6,13,15H,3,5,7-12H2,(H,20,23)(H,24,25). The fourth-order valence-corrected chi connectivity index (χ4v) is 3.29. The van der Waals surface area contributed by atoms with E-state index in [9.17, 15) is 19.5 Å². The zero-order valence-corrected chi connectivity index (χ0v) is 14.2. The molecule has 0 spiro atoms. The number of hydrogen-bond donors (Lipinski definition) is 2. The number of likely N-dealkylation sites (tertiary alicyclic amines) is 1. The molecule has 1 aliphatic carbocycles. The fraction of sp³-hybridized carbons (Fsp3) is 0.526. The van der Waals surface area contributed by atoms with Crippen LogP contribution >= 0.6 is 0 Å². The molecular formula is C19H24N2O4. The van der Waals surface area contributed by atoms with Gasteiger partial charge in [-0.3, -0.25) is 9.59 Å². The number of carboxylic acids is 1. The van der Waals surface area contributed by atoms with Gasteiger partial charge in [0.2, 0.25) is 11.8 Å². The number of carbonyl (C=O) groups is 3. The molecule has 0 bridgehead atoms. The monoisotopic (exact) mass is 344 g/mol. The zero-order valence-electron chi connectivity index (χ0n) is 14.2. The van der Waals surface area contributed by atoms with Gasteiger partial charge in [0.05, 0.1) is 17.9 Å². The summed E-state index contributed by atoms with van der Waals surface area (Å²) in [5.41, 5.74) is 0.673. The van der Waals surface area contributed by atoms with E-state index in [4.69, 9.17) is 0 Å². The maximum atomic E-state index is 12.6. The molecular weight excluding hydrogens is 320 g/mol. The van der Waals surface area contributed by atoms with Crippen molar-refractivity contribution in [3.63, 3.8) is 0 Å². The molecule has 3 rings (SSSR count). The van der Waals surface area contributed by atoms with Gasteiger partial charge in [0.25, 0.3) is 0 Å². The number of aromatic carboxylic acids is 1. The SMILES string of the molecule is O=C(O)c1ccccc1CC(=O)N1CCCC(C(=O)NCC2CC2)C1. The van der Waals surface area contributed by atoms with E-state index in [1.165, 1.54) is 18.9 Å². The molecule has 2 N–H and O–H groups in total. The smallest absolute Gasteiger partial charge is 0.335 e. The highest BCUT2D eigenvalue weighted by Crippen LogP contribution is 2.28. The Morgan fingerprint density at radius 2 is 1.92 bits per heavy atom. The Kier molecular flexibility index (Phi) is 5.36. The summed E-state index contributed by atoms with van der Waals surface area (Å²) in [4.78, 5) is 37.8. The van der Waals surface area contributed by atoms with Crippen LogP contribution in [0.4, 0.5) is 0 Å². The minimum absolute atomic E-state index is 0.0373. The van der Waals surface area contributed by atoms with Crippen LogP contribution in [0.2, 0.25) is 0 Å². The van der Waals surface area contributed by atoms with Crippen molar-refractivity contribution in [2.24, 2.45) is 11.8 Å². The maximum Gasteiger partial charge on any atom is 0.335 e. The summed E-state index contributed by atoms with van der Waals surface area (Å²) < 4.78 is 0. The Hall–Kier alpha value is -2.37. The van der Waals surface area contributed by atoms with E-state index in [2.05, 4.69) is 5.32 Å². The minimum atomic E-state index is -1.03. The Balaban J connectivity index is 1.58. The molecule has 1 aromatic rings. The molecule has 2 amide bonds. The van der Waals surface area contributed by atoms with E-state index >= 15 is 0 Å². The third-order valence-electron chi connectivity index (χ3n) is 5.00. The van der Waals surface area contributed by atoms with Crippen molar-refractivity contribution in [3.8, 4) is 0 Å². The lowest BCUT2D eigenvalue weighted by Crippen LogP contribution is -2.46. The molecule has 25 heavy (non-hydrogen) atoms. The highest BCUT2D eigenvalue weighted by atomic mass is 16.4. The van der Waals surface area contributed by atoms with Crippen molar-refractivity contribution in [3.05, 3.63) is 35.4 Å². The molecule has 1 unspecified atom stereocenters. The second kappa shape index (κ2) is 7.68. The van der Waals surface area contributed by atoms with Gasteiger partial charge in [0.15, 0.2) is 0 Å². The molecule has 6 heteroatoms. The number of benzene rings is 1. The van der Waals surface area contributed by atoms with Crippen LogP contribution in [-0.2, 0) is 16.0 Å². The van der Waals surface area contributed by atoms with E-state index < -0.39 is 5.97 Å². The van der Waals surface area contributed by atoms with E-state index in [-0.39, 0.29) is 29.7 Å². The van der Waals surface area contributed by atoms with Gasteiger partial charge < -0.3 is 15.3 Å². The van der Waals surface area contributed by atoms with Crippen LogP contribution in [0.1, 0.15) is 41.6 Å². The molecule has 1 aromatic carbocycles. The molecule has 0 aromatic heterocycles. The topological polar surface area (TPSA) is 86.7 Å². The fourth-order valence-electron chi connectivity index (χ4n) is 3.29. The third kappa shape index (κ3) is 4.59. The normalized spacial score (nSPS) is 20.2. The number of carboxylic acid groups (broad SMARTS) is 1. The summed E-state index contributed by atoms with van der Waals surface area (Å²) in [7, 11) is 0. The highest BCUT2D eigenvalue weighted by molar-refractivity contribution is 5.91. The molecule has 2 aliphatic rings. The molecule has 2 fully saturated rings. The number of carbonyl (C=O) groups excluding carboxylic acids is 2. The Morgan fingerprint density at radius 3 is 2.64 bits per heavy atom. The summed E-state index contributed by atoms with van der Waals surface area (Å²) in [5, 5.41) is 12.2. The summed E-state index contributed by atoms with van der Waals surface area (Å²) in [6.07, 6.45) is 4.04. The average Bonchev–Trinajstić information content (AvgIpc) is 3.44. The molecule has 134 valence electrons. The van der Waals surface area contributed by atoms with Gasteiger partial charge in [-0.15, -0.1) is 0 Å². The van der Waals surface area contributed by atoms with Crippen LogP contribution in [0.15, 0.2) is 24.3 Å². The molecule has 1 saturated carbocycles. The first-order chi connectivity index (χ1) is 12.0. The van der Waals surface area contributed by atoms with Crippen LogP contribution in [0.5, 0.6) is 0 Å². The number of amides is 2. The lowest BCUT2D eigenvalue weighted by Gasteiger charge is -2.32. The molecule has 1 heterocycles. The minimum Gasteiger partial charge on any atom is -0.478 e. The van der Waals surface area contributed by atoms with Gasteiger partial charge in [-0.05, 0) is 43.2 Å². The van der Waals surface area contributed by atoms with Gasteiger partial charge in [0, 0.05) is 19.6 Å². The number of hydrogen-bond acceptors (Lipinski definition) is 3. The number of nitrogens with zero attached hydrogens (tertiary/aromatic N) is 1. The third-order valence-corrected chi connectivity index (χ3v) is 5.00. The highest BCUT2D eigenvalue weighted by Gasteiger charge is 2.30. The quantitative estimate of drug-likeness (QED) is 0.822. The van der Waals surface area contributed by atoms with E-state index in [1.54, 1.807) is 23.1 Å². The van der Waals surface area contributed by atoms with Gasteiger partial charge in [-0.1, -0.05) is 18.2 Å². The van der Waals surface area contributed by atoms with Crippen LogP contribution < -0.4 is 5.32 Å². The van der Waals surface area contributed by atoms with Crippen molar-refractivity contribution >= 4 is 17.8 Å². The summed E-state index contributed by atoms with van der Waals surface area (Å²) >= 11 is 0.